The van der Waals surface area contributed by atoms with Crippen LogP contribution in [0, 0.1) is 0 Å². The number of aromatic nitrogens is 3. The van der Waals surface area contributed by atoms with Crippen molar-refractivity contribution in [3.05, 3.63) is 164 Å². The minimum atomic E-state index is 0.700. The van der Waals surface area contributed by atoms with Gasteiger partial charge in [-0.15, -0.1) is 11.3 Å². The summed E-state index contributed by atoms with van der Waals surface area (Å²) in [5.74, 6) is 0.700. The number of rotatable bonds is 3. The van der Waals surface area contributed by atoms with E-state index < -0.39 is 0 Å². The van der Waals surface area contributed by atoms with Gasteiger partial charge in [-0.2, -0.15) is 0 Å². The van der Waals surface area contributed by atoms with E-state index in [0.717, 1.165) is 81.9 Å². The summed E-state index contributed by atoms with van der Waals surface area (Å²) in [5, 5.41) is 10.2. The summed E-state index contributed by atoms with van der Waals surface area (Å²) >= 11 is 1.76. The first-order chi connectivity index (χ1) is 26.3. The first kappa shape index (κ1) is 28.8. The van der Waals surface area contributed by atoms with Crippen LogP contribution < -0.4 is 0 Å². The lowest BCUT2D eigenvalue weighted by Crippen LogP contribution is -1.96. The molecule has 12 aromatic rings. The molecule has 0 unspecified atom stereocenters. The molecule has 0 N–H and O–H groups in total. The summed E-state index contributed by atoms with van der Waals surface area (Å²) in [6.07, 6.45) is 0. The van der Waals surface area contributed by atoms with Crippen LogP contribution in [0.4, 0.5) is 0 Å². The molecule has 0 saturated heterocycles. The lowest BCUT2D eigenvalue weighted by atomic mass is 9.98. The Morgan fingerprint density at radius 1 is 0.509 bits per heavy atom. The van der Waals surface area contributed by atoms with Gasteiger partial charge < -0.3 is 8.98 Å². The van der Waals surface area contributed by atoms with E-state index in [1.807, 2.05) is 0 Å². The molecule has 0 aliphatic carbocycles. The van der Waals surface area contributed by atoms with Gasteiger partial charge in [-0.3, -0.25) is 0 Å². The highest BCUT2D eigenvalue weighted by atomic mass is 32.1. The van der Waals surface area contributed by atoms with Gasteiger partial charge in [-0.25, -0.2) is 9.97 Å². The number of hydrogen-bond donors (Lipinski definition) is 0. The fraction of sp³-hybridized carbons (Fsp3) is 0. The third-order valence-electron chi connectivity index (χ3n) is 10.8. The molecule has 0 spiro atoms. The number of hydrogen-bond acceptors (Lipinski definition) is 4. The van der Waals surface area contributed by atoms with E-state index in [2.05, 4.69) is 168 Å². The number of benzene rings is 8. The van der Waals surface area contributed by atoms with Crippen LogP contribution >= 0.6 is 11.3 Å². The zero-order chi connectivity index (χ0) is 34.6. The number of thiophene rings is 1. The first-order valence-corrected chi connectivity index (χ1v) is 18.6. The van der Waals surface area contributed by atoms with Crippen molar-refractivity contribution >= 4 is 96.9 Å². The van der Waals surface area contributed by atoms with E-state index in [1.54, 1.807) is 11.3 Å². The zero-order valence-electron chi connectivity index (χ0n) is 28.2. The van der Waals surface area contributed by atoms with Gasteiger partial charge in [-0.1, -0.05) is 121 Å². The molecule has 0 amide bonds. The molecule has 12 rings (SSSR count). The van der Waals surface area contributed by atoms with E-state index >= 15 is 0 Å². The van der Waals surface area contributed by atoms with E-state index in [0.29, 0.717) is 5.82 Å². The van der Waals surface area contributed by atoms with Crippen molar-refractivity contribution in [2.75, 3.05) is 0 Å². The Kier molecular flexibility index (Phi) is 5.90. The van der Waals surface area contributed by atoms with Crippen LogP contribution in [0.1, 0.15) is 0 Å². The van der Waals surface area contributed by atoms with E-state index in [-0.39, 0.29) is 0 Å². The van der Waals surface area contributed by atoms with Crippen LogP contribution in [0.15, 0.2) is 168 Å². The molecule has 0 aliphatic heterocycles. The van der Waals surface area contributed by atoms with Gasteiger partial charge in [0.1, 0.15) is 11.2 Å². The molecule has 0 aliphatic rings. The quantitative estimate of drug-likeness (QED) is 0.185. The van der Waals surface area contributed by atoms with Gasteiger partial charge in [-0.05, 0) is 58.6 Å². The van der Waals surface area contributed by atoms with Gasteiger partial charge >= 0.3 is 0 Å². The predicted molar refractivity (Wildman–Crippen MR) is 222 cm³/mol. The molecular weight excluding hydrogens is 667 g/mol. The molecule has 0 atom stereocenters. The fourth-order valence-corrected chi connectivity index (χ4v) is 9.58. The van der Waals surface area contributed by atoms with Crippen LogP contribution in [0.5, 0.6) is 0 Å². The van der Waals surface area contributed by atoms with Crippen LogP contribution in [-0.2, 0) is 0 Å². The minimum absolute atomic E-state index is 0.700. The highest BCUT2D eigenvalue weighted by Crippen LogP contribution is 2.45. The van der Waals surface area contributed by atoms with Crippen molar-refractivity contribution in [3.63, 3.8) is 0 Å². The second-order valence-electron chi connectivity index (χ2n) is 13.7. The average molecular weight is 694 g/mol. The summed E-state index contributed by atoms with van der Waals surface area (Å²) < 4.78 is 11.5. The van der Waals surface area contributed by atoms with Gasteiger partial charge in [0.05, 0.1) is 38.0 Å². The number of nitrogens with zero attached hydrogens (tertiary/aromatic N) is 3. The molecule has 4 nitrogen and oxygen atoms in total. The van der Waals surface area contributed by atoms with Gasteiger partial charge in [0, 0.05) is 42.8 Å². The molecule has 53 heavy (non-hydrogen) atoms. The Bertz CT molecular complexity index is 3420. The van der Waals surface area contributed by atoms with Crippen molar-refractivity contribution in [3.8, 4) is 28.3 Å². The molecule has 246 valence electrons. The van der Waals surface area contributed by atoms with Crippen LogP contribution in [0.2, 0.25) is 0 Å². The Morgan fingerprint density at radius 2 is 1.19 bits per heavy atom. The summed E-state index contributed by atoms with van der Waals surface area (Å²) in [4.78, 5) is 10.9. The molecule has 4 heterocycles. The molecule has 0 radical (unpaired) electrons. The predicted octanol–water partition coefficient (Wildman–Crippen LogP) is 13.5. The Labute approximate surface area is 306 Å². The van der Waals surface area contributed by atoms with Crippen molar-refractivity contribution in [2.24, 2.45) is 0 Å². The smallest absolute Gasteiger partial charge is 0.161 e. The Morgan fingerprint density at radius 3 is 2.00 bits per heavy atom. The van der Waals surface area contributed by atoms with Gasteiger partial charge in [0.15, 0.2) is 5.82 Å². The second kappa shape index (κ2) is 10.8. The second-order valence-corrected chi connectivity index (χ2v) is 14.8. The van der Waals surface area contributed by atoms with E-state index in [4.69, 9.17) is 14.4 Å². The van der Waals surface area contributed by atoms with Crippen LogP contribution in [0.3, 0.4) is 0 Å². The SMILES string of the molecule is c1ccc2cc(-c3nc(-c4cc5c(oc6cccc(-n7c8ccccc8c8ccccc87)c65)c5ccccc45)nc4c3sc3ccccc34)ccc2c1. The summed E-state index contributed by atoms with van der Waals surface area (Å²) in [5.41, 5.74) is 9.10. The molecular formula is C48H27N3OS. The maximum Gasteiger partial charge on any atom is 0.161 e. The molecule has 0 bridgehead atoms. The molecule has 5 heteroatoms. The maximum atomic E-state index is 6.82. The first-order valence-electron chi connectivity index (χ1n) is 17.8. The highest BCUT2D eigenvalue weighted by Gasteiger charge is 2.23. The fourth-order valence-electron chi connectivity index (χ4n) is 8.43. The van der Waals surface area contributed by atoms with Crippen LogP contribution in [0.25, 0.3) is 114 Å². The third kappa shape index (κ3) is 4.11. The lowest BCUT2D eigenvalue weighted by molar-refractivity contribution is 0.672. The topological polar surface area (TPSA) is 43.9 Å². The van der Waals surface area contributed by atoms with Crippen molar-refractivity contribution in [1.82, 2.24) is 14.5 Å². The average Bonchev–Trinajstić information content (AvgIpc) is 3.90. The molecule has 8 aromatic carbocycles. The lowest BCUT2D eigenvalue weighted by Gasteiger charge is -2.12. The van der Waals surface area contributed by atoms with Crippen molar-refractivity contribution in [2.45, 2.75) is 0 Å². The minimum Gasteiger partial charge on any atom is -0.455 e. The summed E-state index contributed by atoms with van der Waals surface area (Å²) in [7, 11) is 0. The zero-order valence-corrected chi connectivity index (χ0v) is 29.1. The Hall–Kier alpha value is -6.82. The number of fused-ring (bicyclic) bond motifs is 12. The van der Waals surface area contributed by atoms with Gasteiger partial charge in [0.25, 0.3) is 0 Å². The standard InChI is InChI=1S/C48H27N3OS/c1-2-13-29-26-30(25-24-28(29)12-1)44-47-45(35-18-7-10-23-42(35)53-47)50-48(49-44)36-27-37-43-40(21-11-22-41(43)52-46(37)34-17-4-3-14-31(34)36)51-38-19-8-5-15-32(38)33-16-6-9-20-39(33)51/h1-27H. The normalized spacial score (nSPS) is 12.2. The summed E-state index contributed by atoms with van der Waals surface area (Å²) in [6, 6.07) is 58.2. The Balaban J connectivity index is 1.20. The molecule has 0 fully saturated rings. The molecule has 4 aromatic heterocycles. The van der Waals surface area contributed by atoms with E-state index in [1.165, 1.54) is 26.2 Å². The van der Waals surface area contributed by atoms with Gasteiger partial charge in [0.2, 0.25) is 0 Å². The van der Waals surface area contributed by atoms with Crippen molar-refractivity contribution < 1.29 is 4.42 Å². The number of furan rings is 1. The largest absolute Gasteiger partial charge is 0.455 e. The number of para-hydroxylation sites is 2. The maximum absolute atomic E-state index is 6.82. The monoisotopic (exact) mass is 693 g/mol. The molecule has 0 saturated carbocycles. The third-order valence-corrected chi connectivity index (χ3v) is 12.0. The highest BCUT2D eigenvalue weighted by molar-refractivity contribution is 7.26. The van der Waals surface area contributed by atoms with Crippen molar-refractivity contribution in [1.29, 1.82) is 0 Å². The van der Waals surface area contributed by atoms with Crippen LogP contribution in [-0.4, -0.2) is 14.5 Å². The summed E-state index contributed by atoms with van der Waals surface area (Å²) in [6.45, 7) is 0. The van der Waals surface area contributed by atoms with E-state index in [9.17, 15) is 0 Å².